The van der Waals surface area contributed by atoms with Crippen LogP contribution in [0.25, 0.3) is 0 Å². The number of amides is 2. The Morgan fingerprint density at radius 3 is 2.64 bits per heavy atom. The molecule has 6 nitrogen and oxygen atoms in total. The lowest BCUT2D eigenvalue weighted by Gasteiger charge is -2.36. The predicted octanol–water partition coefficient (Wildman–Crippen LogP) is 1.26. The largest absolute Gasteiger partial charge is 0.493 e. The highest BCUT2D eigenvalue weighted by molar-refractivity contribution is 7.99. The quantitative estimate of drug-likeness (QED) is 0.787. The number of benzene rings is 1. The van der Waals surface area contributed by atoms with Crippen molar-refractivity contribution in [3.63, 3.8) is 0 Å². The molecule has 136 valence electrons. The second-order valence-electron chi connectivity index (χ2n) is 6.05. The SMILES string of the molecule is O=C(CCOc1ccccc1)N1CCO[C@H](C(=O)N2CCSCC2)C1. The first-order valence-corrected chi connectivity index (χ1v) is 9.83. The first kappa shape index (κ1) is 18.1. The minimum Gasteiger partial charge on any atom is -0.493 e. The van der Waals surface area contributed by atoms with Gasteiger partial charge in [0, 0.05) is 31.1 Å². The molecule has 0 bridgehead atoms. The summed E-state index contributed by atoms with van der Waals surface area (Å²) in [6.45, 7) is 3.15. The number of thioether (sulfide) groups is 1. The summed E-state index contributed by atoms with van der Waals surface area (Å²) >= 11 is 1.86. The third kappa shape index (κ3) is 5.12. The van der Waals surface area contributed by atoms with Gasteiger partial charge in [0.05, 0.1) is 26.2 Å². The van der Waals surface area contributed by atoms with Gasteiger partial charge in [0.25, 0.3) is 5.91 Å². The Hall–Kier alpha value is -1.73. The molecule has 2 aliphatic rings. The van der Waals surface area contributed by atoms with Gasteiger partial charge in [0.15, 0.2) is 6.10 Å². The number of hydrogen-bond donors (Lipinski definition) is 0. The fraction of sp³-hybridized carbons (Fsp3) is 0.556. The van der Waals surface area contributed by atoms with Crippen LogP contribution in [0.2, 0.25) is 0 Å². The summed E-state index contributed by atoms with van der Waals surface area (Å²) in [5.41, 5.74) is 0. The topological polar surface area (TPSA) is 59.1 Å². The summed E-state index contributed by atoms with van der Waals surface area (Å²) in [5.74, 6) is 2.72. The number of nitrogens with zero attached hydrogens (tertiary/aromatic N) is 2. The van der Waals surface area contributed by atoms with Gasteiger partial charge in [-0.25, -0.2) is 0 Å². The third-order valence-electron chi connectivity index (χ3n) is 4.35. The van der Waals surface area contributed by atoms with E-state index in [0.717, 1.165) is 30.3 Å². The summed E-state index contributed by atoms with van der Waals surface area (Å²) in [7, 11) is 0. The molecule has 25 heavy (non-hydrogen) atoms. The number of carbonyl (C=O) groups excluding carboxylic acids is 2. The zero-order chi connectivity index (χ0) is 17.5. The first-order chi connectivity index (χ1) is 12.2. The van der Waals surface area contributed by atoms with E-state index < -0.39 is 6.10 Å². The number of rotatable bonds is 5. The molecule has 2 amide bonds. The van der Waals surface area contributed by atoms with Gasteiger partial charge in [0.1, 0.15) is 5.75 Å². The number of para-hydroxylation sites is 1. The predicted molar refractivity (Wildman–Crippen MR) is 96.8 cm³/mol. The van der Waals surface area contributed by atoms with Crippen molar-refractivity contribution in [1.82, 2.24) is 9.80 Å². The fourth-order valence-electron chi connectivity index (χ4n) is 2.94. The maximum atomic E-state index is 12.5. The molecule has 7 heteroatoms. The summed E-state index contributed by atoms with van der Waals surface area (Å²) in [5, 5.41) is 0. The molecule has 1 aromatic carbocycles. The van der Waals surface area contributed by atoms with Crippen LogP contribution >= 0.6 is 11.8 Å². The van der Waals surface area contributed by atoms with Gasteiger partial charge in [0.2, 0.25) is 5.91 Å². The molecule has 0 N–H and O–H groups in total. The monoisotopic (exact) mass is 364 g/mol. The summed E-state index contributed by atoms with van der Waals surface area (Å²) in [6.07, 6.45) is -0.230. The molecule has 3 rings (SSSR count). The van der Waals surface area contributed by atoms with Gasteiger partial charge in [-0.2, -0.15) is 11.8 Å². The van der Waals surface area contributed by atoms with Gasteiger partial charge in [-0.3, -0.25) is 9.59 Å². The number of carbonyl (C=O) groups is 2. The maximum Gasteiger partial charge on any atom is 0.253 e. The van der Waals surface area contributed by atoms with Crippen molar-refractivity contribution in [2.24, 2.45) is 0 Å². The average molecular weight is 364 g/mol. The zero-order valence-corrected chi connectivity index (χ0v) is 15.1. The highest BCUT2D eigenvalue weighted by atomic mass is 32.2. The molecule has 0 radical (unpaired) electrons. The number of morpholine rings is 1. The van der Waals surface area contributed by atoms with Crippen molar-refractivity contribution in [2.45, 2.75) is 12.5 Å². The van der Waals surface area contributed by atoms with E-state index in [1.165, 1.54) is 0 Å². The van der Waals surface area contributed by atoms with E-state index in [4.69, 9.17) is 9.47 Å². The Labute approximate surface area is 152 Å². The summed E-state index contributed by atoms with van der Waals surface area (Å²) < 4.78 is 11.2. The molecule has 2 heterocycles. The van der Waals surface area contributed by atoms with Crippen molar-refractivity contribution in [3.05, 3.63) is 30.3 Å². The molecule has 2 fully saturated rings. The van der Waals surface area contributed by atoms with E-state index >= 15 is 0 Å². The van der Waals surface area contributed by atoms with Crippen LogP contribution in [-0.4, -0.2) is 78.6 Å². The molecule has 0 saturated carbocycles. The second kappa shape index (κ2) is 9.10. The van der Waals surface area contributed by atoms with Gasteiger partial charge in [-0.1, -0.05) is 18.2 Å². The van der Waals surface area contributed by atoms with E-state index in [0.29, 0.717) is 32.7 Å². The smallest absolute Gasteiger partial charge is 0.253 e. The molecular formula is C18H24N2O4S. The van der Waals surface area contributed by atoms with E-state index in [1.807, 2.05) is 47.0 Å². The van der Waals surface area contributed by atoms with Crippen molar-refractivity contribution in [2.75, 3.05) is 50.9 Å². The number of hydrogen-bond acceptors (Lipinski definition) is 5. The Kier molecular flexibility index (Phi) is 6.58. The minimum absolute atomic E-state index is 0.00577. The second-order valence-corrected chi connectivity index (χ2v) is 7.27. The molecule has 0 unspecified atom stereocenters. The van der Waals surface area contributed by atoms with E-state index in [-0.39, 0.29) is 11.8 Å². The van der Waals surface area contributed by atoms with Crippen LogP contribution < -0.4 is 4.74 Å². The molecule has 2 aliphatic heterocycles. The zero-order valence-electron chi connectivity index (χ0n) is 14.3. The van der Waals surface area contributed by atoms with E-state index in [9.17, 15) is 9.59 Å². The molecule has 1 aromatic rings. The van der Waals surface area contributed by atoms with E-state index in [2.05, 4.69) is 0 Å². The Balaban J connectivity index is 1.45. The molecule has 0 aliphatic carbocycles. The molecule has 0 spiro atoms. The van der Waals surface area contributed by atoms with Crippen LogP contribution in [0.3, 0.4) is 0 Å². The van der Waals surface area contributed by atoms with Crippen LogP contribution in [0, 0.1) is 0 Å². The minimum atomic E-state index is -0.532. The van der Waals surface area contributed by atoms with Gasteiger partial charge >= 0.3 is 0 Å². The molecule has 2 saturated heterocycles. The Morgan fingerprint density at radius 2 is 1.88 bits per heavy atom. The van der Waals surface area contributed by atoms with Crippen LogP contribution in [0.1, 0.15) is 6.42 Å². The van der Waals surface area contributed by atoms with E-state index in [1.54, 1.807) is 4.90 Å². The summed E-state index contributed by atoms with van der Waals surface area (Å²) in [6, 6.07) is 9.45. The Morgan fingerprint density at radius 1 is 1.12 bits per heavy atom. The highest BCUT2D eigenvalue weighted by Gasteiger charge is 2.32. The third-order valence-corrected chi connectivity index (χ3v) is 5.29. The van der Waals surface area contributed by atoms with Gasteiger partial charge in [-0.05, 0) is 12.1 Å². The number of ether oxygens (including phenoxy) is 2. The van der Waals surface area contributed by atoms with Crippen molar-refractivity contribution < 1.29 is 19.1 Å². The lowest BCUT2D eigenvalue weighted by molar-refractivity contribution is -0.154. The lowest BCUT2D eigenvalue weighted by atomic mass is 10.2. The maximum absolute atomic E-state index is 12.5. The summed E-state index contributed by atoms with van der Waals surface area (Å²) in [4.78, 5) is 28.5. The highest BCUT2D eigenvalue weighted by Crippen LogP contribution is 2.15. The molecule has 1 atom stereocenters. The molecule has 0 aromatic heterocycles. The normalized spacial score (nSPS) is 21.0. The van der Waals surface area contributed by atoms with Crippen LogP contribution in [-0.2, 0) is 14.3 Å². The van der Waals surface area contributed by atoms with Crippen LogP contribution in [0.15, 0.2) is 30.3 Å². The standard InChI is InChI=1S/C18H24N2O4S/c21-17(6-10-23-15-4-2-1-3-5-15)20-7-11-24-16(14-20)18(22)19-8-12-25-13-9-19/h1-5,16H,6-14H2/t16-/m0/s1. The van der Waals surface area contributed by atoms with Crippen molar-refractivity contribution >= 4 is 23.6 Å². The van der Waals surface area contributed by atoms with Gasteiger partial charge in [-0.15, -0.1) is 0 Å². The first-order valence-electron chi connectivity index (χ1n) is 8.68. The van der Waals surface area contributed by atoms with Crippen molar-refractivity contribution in [1.29, 1.82) is 0 Å². The van der Waals surface area contributed by atoms with Crippen LogP contribution in [0.4, 0.5) is 0 Å². The Bertz CT molecular complexity index is 578. The fourth-order valence-corrected chi connectivity index (χ4v) is 3.85. The van der Waals surface area contributed by atoms with Crippen molar-refractivity contribution in [3.8, 4) is 5.75 Å². The average Bonchev–Trinajstić information content (AvgIpc) is 2.69. The lowest BCUT2D eigenvalue weighted by Crippen LogP contribution is -2.54. The van der Waals surface area contributed by atoms with Crippen LogP contribution in [0.5, 0.6) is 5.75 Å². The molecular weight excluding hydrogens is 340 g/mol. The van der Waals surface area contributed by atoms with Gasteiger partial charge < -0.3 is 19.3 Å².